The van der Waals surface area contributed by atoms with Crippen LogP contribution in [-0.4, -0.2) is 4.75 Å². The lowest BCUT2D eigenvalue weighted by molar-refractivity contribution is 0.809. The number of hydrogen-bond acceptors (Lipinski definition) is 3. The third-order valence-electron chi connectivity index (χ3n) is 2.71. The third kappa shape index (κ3) is 9.46. The first kappa shape index (κ1) is 20.6. The number of nitrogens with two attached hydrogens (primary N) is 1. The fourth-order valence-electron chi connectivity index (χ4n) is 1.70. The van der Waals surface area contributed by atoms with E-state index >= 15 is 0 Å². The van der Waals surface area contributed by atoms with Gasteiger partial charge < -0.3 is 5.73 Å². The molecule has 2 aromatic carbocycles. The Morgan fingerprint density at radius 1 is 1.13 bits per heavy atom. The molecule has 0 aliphatic carbocycles. The van der Waals surface area contributed by atoms with Crippen molar-refractivity contribution in [3.8, 4) is 0 Å². The van der Waals surface area contributed by atoms with Crippen LogP contribution in [0.2, 0.25) is 0 Å². The Balaban J connectivity index is 0.000000463. The fraction of sp³-hybridized carbons (Fsp3) is 0.368. The third-order valence-corrected chi connectivity index (χ3v) is 4.49. The van der Waals surface area contributed by atoms with Gasteiger partial charge in [0.2, 0.25) is 0 Å². The molecule has 0 spiro atoms. The number of hydrogen-bond donors (Lipinski definition) is 2. The van der Waals surface area contributed by atoms with E-state index in [1.54, 1.807) is 0 Å². The minimum atomic E-state index is 0.0525. The molecule has 0 aliphatic rings. The predicted molar refractivity (Wildman–Crippen MR) is 111 cm³/mol. The summed E-state index contributed by atoms with van der Waals surface area (Å²) in [6, 6.07) is 16.9. The van der Waals surface area contributed by atoms with E-state index in [9.17, 15) is 0 Å². The van der Waals surface area contributed by atoms with Crippen molar-refractivity contribution in [1.82, 2.24) is 0 Å². The second-order valence-corrected chi connectivity index (χ2v) is 9.66. The molecule has 4 heteroatoms. The quantitative estimate of drug-likeness (QED) is 0.444. The molecule has 0 bridgehead atoms. The molecule has 0 saturated carbocycles. The van der Waals surface area contributed by atoms with E-state index in [4.69, 9.17) is 5.73 Å². The Kier molecular flexibility index (Phi) is 8.76. The predicted octanol–water partition coefficient (Wildman–Crippen LogP) is 6.48. The molecule has 0 radical (unpaired) electrons. The number of benzene rings is 2. The fourth-order valence-corrected chi connectivity index (χ4v) is 3.21. The van der Waals surface area contributed by atoms with Gasteiger partial charge in [0.05, 0.1) is 0 Å². The Morgan fingerprint density at radius 2 is 1.70 bits per heavy atom. The number of thioether (sulfide) groups is 1. The lowest BCUT2D eigenvalue weighted by atomic mass is 10.1. The molecule has 23 heavy (non-hydrogen) atoms. The van der Waals surface area contributed by atoms with E-state index < -0.39 is 0 Å². The molecule has 126 valence electrons. The molecule has 1 atom stereocenters. The molecular formula is C19H26BrNS2. The van der Waals surface area contributed by atoms with Crippen LogP contribution in [0.5, 0.6) is 0 Å². The van der Waals surface area contributed by atoms with Crippen LogP contribution in [0.15, 0.2) is 57.9 Å². The van der Waals surface area contributed by atoms with E-state index in [0.29, 0.717) is 0 Å². The van der Waals surface area contributed by atoms with Crippen LogP contribution < -0.4 is 5.73 Å². The molecule has 2 rings (SSSR count). The van der Waals surface area contributed by atoms with Gasteiger partial charge in [0.15, 0.2) is 0 Å². The molecule has 2 N–H and O–H groups in total. The largest absolute Gasteiger partial charge is 0.324 e. The first-order valence-electron chi connectivity index (χ1n) is 7.61. The Morgan fingerprint density at radius 3 is 2.22 bits per heavy atom. The van der Waals surface area contributed by atoms with E-state index in [0.717, 1.165) is 15.8 Å². The van der Waals surface area contributed by atoms with Crippen molar-refractivity contribution in [3.63, 3.8) is 0 Å². The Hall–Kier alpha value is -0.420. The van der Waals surface area contributed by atoms with Gasteiger partial charge in [-0.15, -0.1) is 11.8 Å². The number of thiol groups is 1. The average Bonchev–Trinajstić information content (AvgIpc) is 2.45. The standard InChI is InChI=1S/C15H16BrNS.C4H10S/c1-11(17)14-9-13(7-8-15(14)16)18-10-12-5-3-2-4-6-12;1-4(2,3)5/h2-9,11H,10,17H2,1H3;5H,1-3H3/t11-;/m1./s1. The van der Waals surface area contributed by atoms with Crippen LogP contribution in [0.25, 0.3) is 0 Å². The van der Waals surface area contributed by atoms with Gasteiger partial charge >= 0.3 is 0 Å². The SMILES string of the molecule is CC(C)(C)S.C[C@@H](N)c1cc(SCc2ccccc2)ccc1Br. The molecule has 2 aromatic rings. The summed E-state index contributed by atoms with van der Waals surface area (Å²) in [5.74, 6) is 0.987. The van der Waals surface area contributed by atoms with Crippen LogP contribution in [0.4, 0.5) is 0 Å². The maximum atomic E-state index is 5.95. The summed E-state index contributed by atoms with van der Waals surface area (Å²) >= 11 is 9.50. The van der Waals surface area contributed by atoms with Crippen molar-refractivity contribution in [2.24, 2.45) is 5.73 Å². The van der Waals surface area contributed by atoms with E-state index in [-0.39, 0.29) is 10.8 Å². The van der Waals surface area contributed by atoms with Crippen molar-refractivity contribution >= 4 is 40.3 Å². The highest BCUT2D eigenvalue weighted by atomic mass is 79.9. The summed E-state index contributed by atoms with van der Waals surface area (Å²) in [6.45, 7) is 8.16. The first-order chi connectivity index (χ1) is 10.7. The normalized spacial score (nSPS) is 12.3. The minimum absolute atomic E-state index is 0.0525. The van der Waals surface area contributed by atoms with Crippen LogP contribution >= 0.6 is 40.3 Å². The number of halogens is 1. The summed E-state index contributed by atoms with van der Waals surface area (Å²) in [7, 11) is 0. The summed E-state index contributed by atoms with van der Waals surface area (Å²) in [6.07, 6.45) is 0. The summed E-state index contributed by atoms with van der Waals surface area (Å²) in [5.41, 5.74) is 8.45. The zero-order valence-electron chi connectivity index (χ0n) is 14.2. The van der Waals surface area contributed by atoms with Gasteiger partial charge in [-0.1, -0.05) is 67.0 Å². The lowest BCUT2D eigenvalue weighted by Crippen LogP contribution is -2.05. The first-order valence-corrected chi connectivity index (χ1v) is 9.83. The van der Waals surface area contributed by atoms with Crippen molar-refractivity contribution in [3.05, 3.63) is 64.1 Å². The molecule has 0 aromatic heterocycles. The van der Waals surface area contributed by atoms with Crippen LogP contribution in [-0.2, 0) is 5.75 Å². The van der Waals surface area contributed by atoms with Crippen molar-refractivity contribution in [1.29, 1.82) is 0 Å². The average molecular weight is 412 g/mol. The van der Waals surface area contributed by atoms with Crippen LogP contribution in [0.3, 0.4) is 0 Å². The molecule has 0 aliphatic heterocycles. The maximum absolute atomic E-state index is 5.95. The molecule has 0 unspecified atom stereocenters. The summed E-state index contributed by atoms with van der Waals surface area (Å²) in [4.78, 5) is 1.26. The Labute approximate surface area is 159 Å². The molecular weight excluding hydrogens is 386 g/mol. The second kappa shape index (κ2) is 9.77. The van der Waals surface area contributed by atoms with Crippen LogP contribution in [0.1, 0.15) is 44.9 Å². The topological polar surface area (TPSA) is 26.0 Å². The number of rotatable bonds is 4. The maximum Gasteiger partial charge on any atom is 0.0277 e. The highest BCUT2D eigenvalue weighted by Gasteiger charge is 2.06. The zero-order valence-corrected chi connectivity index (χ0v) is 17.5. The molecule has 0 amide bonds. The molecule has 0 fully saturated rings. The van der Waals surface area contributed by atoms with Crippen molar-refractivity contribution < 1.29 is 0 Å². The van der Waals surface area contributed by atoms with E-state index in [2.05, 4.69) is 91.8 Å². The summed E-state index contributed by atoms with van der Waals surface area (Å²) in [5, 5.41) is 0. The van der Waals surface area contributed by atoms with Gasteiger partial charge in [-0.25, -0.2) is 0 Å². The van der Waals surface area contributed by atoms with Gasteiger partial charge in [0.1, 0.15) is 0 Å². The minimum Gasteiger partial charge on any atom is -0.324 e. The smallest absolute Gasteiger partial charge is 0.0277 e. The lowest BCUT2D eigenvalue weighted by Gasteiger charge is -2.10. The molecule has 0 saturated heterocycles. The Bertz CT molecular complexity index is 586. The van der Waals surface area contributed by atoms with Gasteiger partial charge in [-0.3, -0.25) is 0 Å². The van der Waals surface area contributed by atoms with Gasteiger partial charge in [0.25, 0.3) is 0 Å². The molecule has 0 heterocycles. The van der Waals surface area contributed by atoms with E-state index in [1.165, 1.54) is 10.5 Å². The van der Waals surface area contributed by atoms with Crippen LogP contribution in [0, 0.1) is 0 Å². The van der Waals surface area contributed by atoms with Crippen molar-refractivity contribution in [2.45, 2.75) is 49.1 Å². The van der Waals surface area contributed by atoms with Crippen molar-refractivity contribution in [2.75, 3.05) is 0 Å². The van der Waals surface area contributed by atoms with Gasteiger partial charge in [-0.2, -0.15) is 12.6 Å². The second-order valence-electron chi connectivity index (χ2n) is 6.42. The highest BCUT2D eigenvalue weighted by molar-refractivity contribution is 9.10. The summed E-state index contributed by atoms with van der Waals surface area (Å²) < 4.78 is 1.28. The monoisotopic (exact) mass is 411 g/mol. The van der Waals surface area contributed by atoms with Gasteiger partial charge in [-0.05, 0) is 36.2 Å². The molecule has 1 nitrogen and oxygen atoms in total. The highest BCUT2D eigenvalue weighted by Crippen LogP contribution is 2.29. The van der Waals surface area contributed by atoms with Gasteiger partial charge in [0, 0.05) is 25.9 Å². The zero-order chi connectivity index (χ0) is 17.5. The van der Waals surface area contributed by atoms with E-state index in [1.807, 2.05) is 24.8 Å².